The smallest absolute Gasteiger partial charge is 0.334 e. The molecule has 8 nitrogen and oxygen atoms in total. The number of nitrogens with two attached hydrogens (primary N) is 1. The normalized spacial score (nSPS) is 35.4. The highest BCUT2D eigenvalue weighted by Gasteiger charge is 2.77. The van der Waals surface area contributed by atoms with Crippen LogP contribution >= 0.6 is 7.60 Å². The van der Waals surface area contributed by atoms with E-state index in [1.807, 2.05) is 6.07 Å². The molecule has 0 amide bonds. The van der Waals surface area contributed by atoms with E-state index < -0.39 is 48.2 Å². The Hall–Kier alpha value is -1.26. The first-order valence-electron chi connectivity index (χ1n) is 7.59. The highest BCUT2D eigenvalue weighted by atomic mass is 31.2. The molecule has 0 bridgehead atoms. The van der Waals surface area contributed by atoms with Gasteiger partial charge in [-0.2, -0.15) is 5.26 Å². The van der Waals surface area contributed by atoms with Crippen molar-refractivity contribution in [3.05, 3.63) is 0 Å². The first-order valence-corrected chi connectivity index (χ1v) is 9.20. The van der Waals surface area contributed by atoms with Gasteiger partial charge < -0.3 is 19.9 Å². The first kappa shape index (κ1) is 18.1. The molecule has 2 saturated carbocycles. The zero-order valence-electron chi connectivity index (χ0n) is 13.1. The Balaban J connectivity index is 2.44. The van der Waals surface area contributed by atoms with Crippen LogP contribution in [0.4, 0.5) is 0 Å². The van der Waals surface area contributed by atoms with E-state index in [0.29, 0.717) is 0 Å². The average Bonchev–Trinajstić information content (AvgIpc) is 3.15. The number of hydrogen-bond acceptors (Lipinski definition) is 7. The molecule has 2 fully saturated rings. The lowest BCUT2D eigenvalue weighted by molar-refractivity contribution is -0.140. The molecule has 23 heavy (non-hydrogen) atoms. The number of aliphatic carboxylic acids is 1. The fourth-order valence-electron chi connectivity index (χ4n) is 3.94. The van der Waals surface area contributed by atoms with Crippen molar-refractivity contribution >= 4 is 19.3 Å². The van der Waals surface area contributed by atoms with E-state index in [1.165, 1.54) is 0 Å². The lowest BCUT2D eigenvalue weighted by atomic mass is 9.78. The van der Waals surface area contributed by atoms with Gasteiger partial charge >= 0.3 is 13.6 Å². The van der Waals surface area contributed by atoms with Crippen LogP contribution in [0.3, 0.4) is 0 Å². The quantitative estimate of drug-likeness (QED) is 0.622. The molecular weight excluding hydrogens is 323 g/mol. The molecule has 2 aliphatic carbocycles. The summed E-state index contributed by atoms with van der Waals surface area (Å²) >= 11 is 0. The lowest BCUT2D eigenvalue weighted by Crippen LogP contribution is -2.38. The maximum absolute atomic E-state index is 13.0. The van der Waals surface area contributed by atoms with Gasteiger partial charge in [0.05, 0.1) is 37.4 Å². The predicted molar refractivity (Wildman–Crippen MR) is 79.5 cm³/mol. The summed E-state index contributed by atoms with van der Waals surface area (Å²) in [7, 11) is -3.61. The Morgan fingerprint density at radius 3 is 2.35 bits per heavy atom. The molecule has 0 aromatic heterocycles. The zero-order valence-corrected chi connectivity index (χ0v) is 14.0. The third-order valence-electron chi connectivity index (χ3n) is 4.81. The summed E-state index contributed by atoms with van der Waals surface area (Å²) in [5.74, 6) is -3.75. The second-order valence-electron chi connectivity index (χ2n) is 5.82. The number of hydrogen-bond donors (Lipinski definition) is 2. The van der Waals surface area contributed by atoms with Crippen LogP contribution in [0, 0.1) is 34.5 Å². The molecule has 2 rings (SSSR count). The van der Waals surface area contributed by atoms with Gasteiger partial charge in [-0.3, -0.25) is 14.2 Å². The van der Waals surface area contributed by atoms with Crippen LogP contribution in [0.5, 0.6) is 0 Å². The van der Waals surface area contributed by atoms with Gasteiger partial charge in [0.25, 0.3) is 0 Å². The van der Waals surface area contributed by atoms with Crippen LogP contribution in [-0.4, -0.2) is 42.3 Å². The Labute approximate surface area is 134 Å². The minimum absolute atomic E-state index is 0.0318. The molecule has 3 N–H and O–H groups in total. The molecule has 0 saturated heterocycles. The van der Waals surface area contributed by atoms with Crippen molar-refractivity contribution < 1.29 is 28.3 Å². The summed E-state index contributed by atoms with van der Waals surface area (Å²) < 4.78 is 23.7. The van der Waals surface area contributed by atoms with E-state index in [-0.39, 0.29) is 26.2 Å². The summed E-state index contributed by atoms with van der Waals surface area (Å²) in [5, 5.41) is 18.9. The highest BCUT2D eigenvalue weighted by Crippen LogP contribution is 2.76. The minimum Gasteiger partial charge on any atom is -0.481 e. The maximum Gasteiger partial charge on any atom is 0.334 e. The molecule has 0 aromatic carbocycles. The lowest BCUT2D eigenvalue weighted by Gasteiger charge is -2.28. The Morgan fingerprint density at radius 1 is 1.39 bits per heavy atom. The van der Waals surface area contributed by atoms with Crippen LogP contribution in [0.1, 0.15) is 20.3 Å². The molecule has 9 heteroatoms. The number of ketones is 1. The topological polar surface area (TPSA) is 140 Å². The molecule has 0 spiro atoms. The first-order chi connectivity index (χ1) is 10.8. The summed E-state index contributed by atoms with van der Waals surface area (Å²) in [6.45, 7) is 3.22. The minimum atomic E-state index is -3.61. The molecule has 5 atom stereocenters. The van der Waals surface area contributed by atoms with Gasteiger partial charge in [0.1, 0.15) is 5.41 Å². The fraction of sp³-hybridized carbons (Fsp3) is 0.786. The summed E-state index contributed by atoms with van der Waals surface area (Å²) in [5.41, 5.74) is 3.12. The van der Waals surface area contributed by atoms with Crippen molar-refractivity contribution in [2.45, 2.75) is 25.9 Å². The van der Waals surface area contributed by atoms with Crippen LogP contribution < -0.4 is 5.73 Å². The van der Waals surface area contributed by atoms with Gasteiger partial charge in [0, 0.05) is 5.92 Å². The van der Waals surface area contributed by atoms with Gasteiger partial charge in [0.15, 0.2) is 5.78 Å². The van der Waals surface area contributed by atoms with E-state index in [0.717, 1.165) is 0 Å². The van der Waals surface area contributed by atoms with Crippen molar-refractivity contribution in [3.8, 4) is 6.07 Å². The summed E-state index contributed by atoms with van der Waals surface area (Å²) in [6.07, 6.45) is -0.0318. The number of nitriles is 1. The summed E-state index contributed by atoms with van der Waals surface area (Å²) in [4.78, 5) is 23.7. The van der Waals surface area contributed by atoms with Gasteiger partial charge in [0.2, 0.25) is 0 Å². The van der Waals surface area contributed by atoms with Gasteiger partial charge in [-0.1, -0.05) is 0 Å². The van der Waals surface area contributed by atoms with E-state index in [4.69, 9.17) is 14.8 Å². The number of rotatable bonds is 8. The second-order valence-corrected chi connectivity index (χ2v) is 8.08. The Kier molecular flexibility index (Phi) is 4.97. The third kappa shape index (κ3) is 2.62. The molecule has 128 valence electrons. The average molecular weight is 344 g/mol. The second kappa shape index (κ2) is 6.33. The number of nitrogens with zero attached hydrogens (tertiary/aromatic N) is 1. The summed E-state index contributed by atoms with van der Waals surface area (Å²) in [6, 6.07) is 1.97. The molecule has 0 heterocycles. The number of Topliss-reactive ketones (excluding diaryl/α,β-unsaturated/α-hetero) is 1. The number of carboxylic acid groups (broad SMARTS) is 1. The van der Waals surface area contributed by atoms with E-state index in [1.54, 1.807) is 13.8 Å². The van der Waals surface area contributed by atoms with Crippen molar-refractivity contribution in [1.29, 1.82) is 5.26 Å². The molecule has 0 aliphatic heterocycles. The molecule has 0 aromatic rings. The third-order valence-corrected chi connectivity index (χ3v) is 7.39. The Bertz CT molecular complexity index is 593. The van der Waals surface area contributed by atoms with E-state index in [9.17, 15) is 24.5 Å². The largest absolute Gasteiger partial charge is 0.481 e. The molecule has 5 unspecified atom stereocenters. The van der Waals surface area contributed by atoms with Gasteiger partial charge in [-0.25, -0.2) is 0 Å². The number of carbonyl (C=O) groups excluding carboxylic acids is 1. The van der Waals surface area contributed by atoms with Crippen LogP contribution in [0.2, 0.25) is 0 Å². The van der Waals surface area contributed by atoms with Crippen LogP contribution in [0.15, 0.2) is 0 Å². The van der Waals surface area contributed by atoms with Crippen molar-refractivity contribution in [2.75, 3.05) is 19.8 Å². The fourth-order valence-corrected chi connectivity index (χ4v) is 6.43. The van der Waals surface area contributed by atoms with Crippen LogP contribution in [0.25, 0.3) is 0 Å². The highest BCUT2D eigenvalue weighted by molar-refractivity contribution is 7.54. The number of carbonyl (C=O) groups is 2. The number of fused-ring (bicyclic) bond motifs is 1. The Morgan fingerprint density at radius 2 is 1.96 bits per heavy atom. The predicted octanol–water partition coefficient (Wildman–Crippen LogP) is 1.01. The molecule has 2 aliphatic rings. The molecule has 0 radical (unpaired) electrons. The van der Waals surface area contributed by atoms with Crippen molar-refractivity contribution in [1.82, 2.24) is 0 Å². The monoisotopic (exact) mass is 344 g/mol. The van der Waals surface area contributed by atoms with Crippen molar-refractivity contribution in [2.24, 2.45) is 28.9 Å². The van der Waals surface area contributed by atoms with Gasteiger partial charge in [-0.05, 0) is 26.2 Å². The maximum atomic E-state index is 13.0. The van der Waals surface area contributed by atoms with E-state index in [2.05, 4.69) is 0 Å². The molecular formula is C14H21N2O6P. The van der Waals surface area contributed by atoms with E-state index >= 15 is 0 Å². The van der Waals surface area contributed by atoms with Crippen molar-refractivity contribution in [3.63, 3.8) is 0 Å². The van der Waals surface area contributed by atoms with Gasteiger partial charge in [-0.15, -0.1) is 0 Å². The number of carboxylic acids is 1. The standard InChI is InChI=1S/C14H21N2O6P/c1-3-21-23(20,22-4-2)8-5-14(7-16,9(17)6-15)12-10(8)11(12)13(18)19/h8,10-12H,3-6,15H2,1-2H3,(H,18,19). The SMILES string of the molecule is CCOP(=O)(OCC)C1CC(C#N)(C(=O)CN)C2C(C(=O)O)C21. The van der Waals surface area contributed by atoms with Crippen LogP contribution in [-0.2, 0) is 23.2 Å². The zero-order chi connectivity index (χ0) is 17.4.